The first-order valence-corrected chi connectivity index (χ1v) is 6.96. The van der Waals surface area contributed by atoms with Crippen molar-refractivity contribution in [2.45, 2.75) is 19.8 Å². The number of aromatic amines is 1. The number of nitrogens with one attached hydrogen (secondary N) is 3. The first-order chi connectivity index (χ1) is 10.2. The second-order valence-corrected chi connectivity index (χ2v) is 4.62. The number of nitrogens with two attached hydrogens (primary N) is 1. The summed E-state index contributed by atoms with van der Waals surface area (Å²) in [7, 11) is 0. The van der Waals surface area contributed by atoms with Crippen LogP contribution in [0.1, 0.15) is 29.5 Å². The molecule has 112 valence electrons. The lowest BCUT2D eigenvalue weighted by Crippen LogP contribution is -2.22. The van der Waals surface area contributed by atoms with Crippen LogP contribution in [-0.4, -0.2) is 34.2 Å². The van der Waals surface area contributed by atoms with Crippen molar-refractivity contribution in [3.8, 4) is 0 Å². The zero-order valence-corrected chi connectivity index (χ0v) is 12.0. The number of hydrogen-bond donors (Lipinski definition) is 4. The van der Waals surface area contributed by atoms with Crippen molar-refractivity contribution >= 4 is 17.3 Å². The maximum Gasteiger partial charge on any atom is 0.251 e. The number of nitrogen functional groups attached to an aromatic ring is 1. The van der Waals surface area contributed by atoms with Crippen molar-refractivity contribution in [3.63, 3.8) is 0 Å². The fourth-order valence-electron chi connectivity index (χ4n) is 1.96. The molecular formula is C14H20N6O. The number of aromatic nitrogens is 3. The van der Waals surface area contributed by atoms with E-state index in [2.05, 4.69) is 25.8 Å². The van der Waals surface area contributed by atoms with Crippen LogP contribution >= 0.6 is 0 Å². The molecule has 0 unspecified atom stereocenters. The highest BCUT2D eigenvalue weighted by Crippen LogP contribution is 2.19. The second-order valence-electron chi connectivity index (χ2n) is 4.62. The molecule has 1 aromatic carbocycles. The predicted molar refractivity (Wildman–Crippen MR) is 82.1 cm³/mol. The van der Waals surface area contributed by atoms with Crippen molar-refractivity contribution in [1.29, 1.82) is 0 Å². The van der Waals surface area contributed by atoms with Gasteiger partial charge in [-0.15, -0.1) is 0 Å². The third-order valence-electron chi connectivity index (χ3n) is 3.02. The summed E-state index contributed by atoms with van der Waals surface area (Å²) in [6.07, 6.45) is 3.23. The van der Waals surface area contributed by atoms with Gasteiger partial charge in [-0.3, -0.25) is 9.89 Å². The van der Waals surface area contributed by atoms with Crippen molar-refractivity contribution in [2.75, 3.05) is 24.1 Å². The Morgan fingerprint density at radius 3 is 2.95 bits per heavy atom. The number of rotatable bonds is 7. The van der Waals surface area contributed by atoms with Crippen LogP contribution in [0.25, 0.3) is 0 Å². The Bertz CT molecular complexity index is 581. The van der Waals surface area contributed by atoms with Gasteiger partial charge in [0, 0.05) is 25.1 Å². The number of benzene rings is 1. The predicted octanol–water partition coefficient (Wildman–Crippen LogP) is 1.18. The zero-order chi connectivity index (χ0) is 15.1. The standard InChI is InChI=1S/C14H20N6O/c1-2-16-14(21)10-5-6-12(11(15)8-10)17-7-3-4-13-18-9-19-20-13/h5-6,8-9,17H,2-4,7,15H2,1H3,(H,16,21)(H,18,19,20). The van der Waals surface area contributed by atoms with Gasteiger partial charge in [0.1, 0.15) is 12.2 Å². The fraction of sp³-hybridized carbons (Fsp3) is 0.357. The maximum atomic E-state index is 11.7. The van der Waals surface area contributed by atoms with Crippen LogP contribution in [0.4, 0.5) is 11.4 Å². The van der Waals surface area contributed by atoms with Gasteiger partial charge in [-0.05, 0) is 31.5 Å². The van der Waals surface area contributed by atoms with E-state index in [1.165, 1.54) is 6.33 Å². The van der Waals surface area contributed by atoms with E-state index in [1.807, 2.05) is 13.0 Å². The Labute approximate surface area is 123 Å². The summed E-state index contributed by atoms with van der Waals surface area (Å²) in [6, 6.07) is 5.28. The fourth-order valence-corrected chi connectivity index (χ4v) is 1.96. The van der Waals surface area contributed by atoms with E-state index >= 15 is 0 Å². The van der Waals surface area contributed by atoms with E-state index in [0.29, 0.717) is 17.8 Å². The SMILES string of the molecule is CCNC(=O)c1ccc(NCCCc2ncn[nH]2)c(N)c1. The minimum atomic E-state index is -0.110. The Morgan fingerprint density at radius 1 is 1.43 bits per heavy atom. The number of carbonyl (C=O) groups excluding carboxylic acids is 1. The lowest BCUT2D eigenvalue weighted by Gasteiger charge is -2.10. The van der Waals surface area contributed by atoms with Gasteiger partial charge >= 0.3 is 0 Å². The minimum absolute atomic E-state index is 0.110. The van der Waals surface area contributed by atoms with Gasteiger partial charge in [-0.25, -0.2) is 4.98 Å². The van der Waals surface area contributed by atoms with Gasteiger partial charge in [0.05, 0.1) is 11.4 Å². The molecule has 5 N–H and O–H groups in total. The number of carbonyl (C=O) groups is 1. The number of H-pyrrole nitrogens is 1. The van der Waals surface area contributed by atoms with E-state index in [1.54, 1.807) is 12.1 Å². The van der Waals surface area contributed by atoms with Crippen LogP contribution in [0.5, 0.6) is 0 Å². The Kier molecular flexibility index (Phi) is 5.14. The molecule has 0 atom stereocenters. The van der Waals surface area contributed by atoms with Gasteiger partial charge < -0.3 is 16.4 Å². The maximum absolute atomic E-state index is 11.7. The molecule has 1 heterocycles. The highest BCUT2D eigenvalue weighted by atomic mass is 16.1. The van der Waals surface area contributed by atoms with Crippen LogP contribution < -0.4 is 16.4 Å². The number of nitrogens with zero attached hydrogens (tertiary/aromatic N) is 2. The highest BCUT2D eigenvalue weighted by molar-refractivity contribution is 5.96. The van der Waals surface area contributed by atoms with Crippen molar-refractivity contribution in [1.82, 2.24) is 20.5 Å². The van der Waals surface area contributed by atoms with Crippen LogP contribution in [0.3, 0.4) is 0 Å². The van der Waals surface area contributed by atoms with Crippen LogP contribution in [0, 0.1) is 0 Å². The van der Waals surface area contributed by atoms with E-state index < -0.39 is 0 Å². The number of hydrogen-bond acceptors (Lipinski definition) is 5. The van der Waals surface area contributed by atoms with Crippen LogP contribution in [0.2, 0.25) is 0 Å². The summed E-state index contributed by atoms with van der Waals surface area (Å²) < 4.78 is 0. The molecule has 1 amide bonds. The molecule has 7 nitrogen and oxygen atoms in total. The molecule has 7 heteroatoms. The average molecular weight is 288 g/mol. The molecule has 2 rings (SSSR count). The molecule has 0 saturated heterocycles. The quantitative estimate of drug-likeness (QED) is 0.452. The van der Waals surface area contributed by atoms with E-state index in [0.717, 1.165) is 30.9 Å². The molecule has 2 aromatic rings. The monoisotopic (exact) mass is 288 g/mol. The minimum Gasteiger partial charge on any atom is -0.397 e. The molecule has 0 aliphatic heterocycles. The topological polar surface area (TPSA) is 109 Å². The van der Waals surface area contributed by atoms with Crippen molar-refractivity contribution in [2.24, 2.45) is 0 Å². The van der Waals surface area contributed by atoms with Crippen molar-refractivity contribution < 1.29 is 4.79 Å². The summed E-state index contributed by atoms with van der Waals surface area (Å²) in [5.41, 5.74) is 7.93. The number of amides is 1. The molecule has 0 spiro atoms. The molecule has 0 saturated carbocycles. The highest BCUT2D eigenvalue weighted by Gasteiger charge is 2.07. The summed E-state index contributed by atoms with van der Waals surface area (Å²) >= 11 is 0. The lowest BCUT2D eigenvalue weighted by atomic mass is 10.1. The average Bonchev–Trinajstić information content (AvgIpc) is 2.98. The van der Waals surface area contributed by atoms with Gasteiger partial charge in [0.25, 0.3) is 5.91 Å². The third-order valence-corrected chi connectivity index (χ3v) is 3.02. The Balaban J connectivity index is 1.84. The normalized spacial score (nSPS) is 10.3. The molecule has 21 heavy (non-hydrogen) atoms. The van der Waals surface area contributed by atoms with Crippen molar-refractivity contribution in [3.05, 3.63) is 35.9 Å². The van der Waals surface area contributed by atoms with E-state index in [4.69, 9.17) is 5.73 Å². The van der Waals surface area contributed by atoms with E-state index in [9.17, 15) is 4.79 Å². The number of anilines is 2. The summed E-state index contributed by atoms with van der Waals surface area (Å²) in [6.45, 7) is 3.25. The molecule has 0 aliphatic carbocycles. The molecule has 0 fully saturated rings. The Hall–Kier alpha value is -2.57. The molecule has 1 aromatic heterocycles. The largest absolute Gasteiger partial charge is 0.397 e. The number of aryl methyl sites for hydroxylation is 1. The van der Waals surface area contributed by atoms with Gasteiger partial charge in [0.15, 0.2) is 0 Å². The second kappa shape index (κ2) is 7.28. The first kappa shape index (κ1) is 14.8. The third kappa shape index (κ3) is 4.20. The van der Waals surface area contributed by atoms with Gasteiger partial charge in [-0.1, -0.05) is 0 Å². The Morgan fingerprint density at radius 2 is 2.29 bits per heavy atom. The lowest BCUT2D eigenvalue weighted by molar-refractivity contribution is 0.0956. The first-order valence-electron chi connectivity index (χ1n) is 6.96. The van der Waals surface area contributed by atoms with Crippen LogP contribution in [0.15, 0.2) is 24.5 Å². The van der Waals surface area contributed by atoms with Gasteiger partial charge in [0.2, 0.25) is 0 Å². The van der Waals surface area contributed by atoms with Crippen LogP contribution in [-0.2, 0) is 6.42 Å². The van der Waals surface area contributed by atoms with Gasteiger partial charge in [-0.2, -0.15) is 5.10 Å². The molecule has 0 aliphatic rings. The zero-order valence-electron chi connectivity index (χ0n) is 12.0. The summed E-state index contributed by atoms with van der Waals surface area (Å²) in [5.74, 6) is 0.762. The summed E-state index contributed by atoms with van der Waals surface area (Å²) in [5, 5.41) is 12.6. The van der Waals surface area contributed by atoms with E-state index in [-0.39, 0.29) is 5.91 Å². The smallest absolute Gasteiger partial charge is 0.251 e. The summed E-state index contributed by atoms with van der Waals surface area (Å²) in [4.78, 5) is 15.8. The molecule has 0 radical (unpaired) electrons. The molecular weight excluding hydrogens is 268 g/mol. The molecule has 0 bridgehead atoms.